The molecular weight excluding hydrogens is 224 g/mol. The minimum absolute atomic E-state index is 0.185. The van der Waals surface area contributed by atoms with Gasteiger partial charge < -0.3 is 0 Å². The van der Waals surface area contributed by atoms with Crippen molar-refractivity contribution in [2.24, 2.45) is 5.10 Å². The molecule has 82 valence electrons. The number of carbonyl (C=O) groups excluding carboxylic acids is 2. The molecule has 0 aliphatic carbocycles. The number of amides is 2. The predicted octanol–water partition coefficient (Wildman–Crippen LogP) is 2.02. The quantitative estimate of drug-likeness (QED) is 0.736. The minimum Gasteiger partial charge on any atom is -0.271 e. The fourth-order valence-corrected chi connectivity index (χ4v) is 1.88. The highest BCUT2D eigenvalue weighted by Crippen LogP contribution is 2.18. The van der Waals surface area contributed by atoms with Gasteiger partial charge in [-0.3, -0.25) is 9.59 Å². The Morgan fingerprint density at radius 3 is 2.56 bits per heavy atom. The van der Waals surface area contributed by atoms with Crippen LogP contribution in [-0.4, -0.2) is 28.1 Å². The topological polar surface area (TPSA) is 49.7 Å². The summed E-state index contributed by atoms with van der Waals surface area (Å²) < 4.78 is 0. The molecule has 1 aromatic rings. The number of benzene rings is 1. The first-order valence-corrected chi connectivity index (χ1v) is 5.76. The van der Waals surface area contributed by atoms with Crippen molar-refractivity contribution in [1.82, 2.24) is 5.01 Å². The Bertz CT molecular complexity index is 438. The van der Waals surface area contributed by atoms with Gasteiger partial charge >= 0.3 is 5.24 Å². The molecule has 0 spiro atoms. The lowest BCUT2D eigenvalue weighted by molar-refractivity contribution is -0.124. The summed E-state index contributed by atoms with van der Waals surface area (Å²) in [5.74, 6) is -0.0808. The Hall–Kier alpha value is -1.62. The maximum Gasteiger partial charge on any atom is 0.309 e. The van der Waals surface area contributed by atoms with Crippen LogP contribution in [0, 0.1) is 6.92 Å². The smallest absolute Gasteiger partial charge is 0.271 e. The van der Waals surface area contributed by atoms with Crippen molar-refractivity contribution in [3.63, 3.8) is 0 Å². The average Bonchev–Trinajstić information content (AvgIpc) is 2.59. The van der Waals surface area contributed by atoms with E-state index in [1.807, 2.05) is 31.2 Å². The summed E-state index contributed by atoms with van der Waals surface area (Å²) in [5.41, 5.74) is 2.02. The summed E-state index contributed by atoms with van der Waals surface area (Å²) in [4.78, 5) is 22.4. The zero-order valence-electron chi connectivity index (χ0n) is 8.71. The molecule has 2 amide bonds. The van der Waals surface area contributed by atoms with Crippen molar-refractivity contribution >= 4 is 29.1 Å². The Balaban J connectivity index is 2.12. The molecule has 0 saturated carbocycles. The van der Waals surface area contributed by atoms with Gasteiger partial charge in [-0.25, -0.2) is 0 Å². The van der Waals surface area contributed by atoms with E-state index in [0.29, 0.717) is 0 Å². The monoisotopic (exact) mass is 234 g/mol. The second-order valence-electron chi connectivity index (χ2n) is 3.42. The Kier molecular flexibility index (Phi) is 3.05. The molecule has 1 saturated heterocycles. The number of nitrogens with zero attached hydrogens (tertiary/aromatic N) is 2. The maximum absolute atomic E-state index is 11.2. The van der Waals surface area contributed by atoms with E-state index in [2.05, 4.69) is 5.10 Å². The van der Waals surface area contributed by atoms with Crippen molar-refractivity contribution in [3.8, 4) is 0 Å². The van der Waals surface area contributed by atoms with Gasteiger partial charge in [0.05, 0.1) is 12.0 Å². The molecule has 0 aromatic heterocycles. The van der Waals surface area contributed by atoms with E-state index >= 15 is 0 Å². The van der Waals surface area contributed by atoms with Crippen molar-refractivity contribution in [2.75, 3.05) is 5.75 Å². The van der Waals surface area contributed by atoms with Crippen LogP contribution >= 0.6 is 11.8 Å². The molecule has 0 N–H and O–H groups in total. The summed E-state index contributed by atoms with van der Waals surface area (Å²) in [6, 6.07) is 7.67. The van der Waals surface area contributed by atoms with Gasteiger partial charge in [0.1, 0.15) is 0 Å². The van der Waals surface area contributed by atoms with Gasteiger partial charge in [-0.05, 0) is 12.5 Å². The fourth-order valence-electron chi connectivity index (χ4n) is 1.24. The van der Waals surface area contributed by atoms with E-state index in [1.165, 1.54) is 6.21 Å². The molecule has 1 aliphatic heterocycles. The van der Waals surface area contributed by atoms with Crippen LogP contribution < -0.4 is 0 Å². The van der Waals surface area contributed by atoms with E-state index in [-0.39, 0.29) is 16.9 Å². The predicted molar refractivity (Wildman–Crippen MR) is 63.5 cm³/mol. The van der Waals surface area contributed by atoms with Crippen molar-refractivity contribution in [3.05, 3.63) is 35.4 Å². The zero-order chi connectivity index (χ0) is 11.5. The molecule has 0 radical (unpaired) electrons. The third kappa shape index (κ3) is 2.30. The van der Waals surface area contributed by atoms with Crippen LogP contribution in [0.3, 0.4) is 0 Å². The van der Waals surface area contributed by atoms with E-state index in [1.54, 1.807) is 0 Å². The van der Waals surface area contributed by atoms with Gasteiger partial charge in [-0.2, -0.15) is 10.1 Å². The lowest BCUT2D eigenvalue weighted by Crippen LogP contribution is -2.22. The van der Waals surface area contributed by atoms with Crippen LogP contribution in [0.25, 0.3) is 0 Å². The number of rotatable bonds is 2. The van der Waals surface area contributed by atoms with Gasteiger partial charge in [0, 0.05) is 0 Å². The zero-order valence-corrected chi connectivity index (χ0v) is 9.53. The largest absolute Gasteiger partial charge is 0.309 e. The molecule has 1 heterocycles. The standard InChI is InChI=1S/C11H10N2O2S/c1-8-2-4-9(5-3-8)6-12-13-10(14)7-16-11(13)15/h2-6H,7H2,1H3/b12-6+. The summed E-state index contributed by atoms with van der Waals surface area (Å²) in [7, 11) is 0. The van der Waals surface area contributed by atoms with E-state index < -0.39 is 0 Å². The van der Waals surface area contributed by atoms with Crippen LogP contribution in [0.5, 0.6) is 0 Å². The van der Waals surface area contributed by atoms with E-state index in [9.17, 15) is 9.59 Å². The molecule has 0 unspecified atom stereocenters. The number of carbonyl (C=O) groups is 2. The van der Waals surface area contributed by atoms with Crippen LogP contribution in [0.2, 0.25) is 0 Å². The second kappa shape index (κ2) is 4.49. The molecule has 0 bridgehead atoms. The Labute approximate surface area is 97.3 Å². The third-order valence-electron chi connectivity index (χ3n) is 2.13. The summed E-state index contributed by atoms with van der Waals surface area (Å²) in [6.07, 6.45) is 1.52. The van der Waals surface area contributed by atoms with Crippen molar-refractivity contribution in [1.29, 1.82) is 0 Å². The lowest BCUT2D eigenvalue weighted by Gasteiger charge is -2.03. The van der Waals surface area contributed by atoms with Crippen LogP contribution in [-0.2, 0) is 4.79 Å². The SMILES string of the molecule is Cc1ccc(/C=N/N2C(=O)CSC2=O)cc1. The van der Waals surface area contributed by atoms with Gasteiger partial charge in [0.15, 0.2) is 0 Å². The fraction of sp³-hybridized carbons (Fsp3) is 0.182. The molecule has 0 atom stereocenters. The van der Waals surface area contributed by atoms with Crippen molar-refractivity contribution < 1.29 is 9.59 Å². The average molecular weight is 234 g/mol. The summed E-state index contributed by atoms with van der Waals surface area (Å²) >= 11 is 0.975. The first kappa shape index (κ1) is 10.9. The van der Waals surface area contributed by atoms with E-state index in [0.717, 1.165) is 27.9 Å². The van der Waals surface area contributed by atoms with Crippen LogP contribution in [0.15, 0.2) is 29.4 Å². The highest BCUT2D eigenvalue weighted by Gasteiger charge is 2.29. The van der Waals surface area contributed by atoms with Crippen LogP contribution in [0.1, 0.15) is 11.1 Å². The molecule has 1 aliphatic rings. The lowest BCUT2D eigenvalue weighted by atomic mass is 10.2. The van der Waals surface area contributed by atoms with Crippen LogP contribution in [0.4, 0.5) is 4.79 Å². The van der Waals surface area contributed by atoms with Crippen molar-refractivity contribution in [2.45, 2.75) is 6.92 Å². The van der Waals surface area contributed by atoms with Gasteiger partial charge in [-0.15, -0.1) is 0 Å². The van der Waals surface area contributed by atoms with Gasteiger partial charge in [0.25, 0.3) is 5.91 Å². The van der Waals surface area contributed by atoms with Gasteiger partial charge in [-0.1, -0.05) is 41.6 Å². The highest BCUT2D eigenvalue weighted by atomic mass is 32.2. The Morgan fingerprint density at radius 2 is 2.00 bits per heavy atom. The first-order chi connectivity index (χ1) is 7.66. The highest BCUT2D eigenvalue weighted by molar-refractivity contribution is 8.14. The van der Waals surface area contributed by atoms with E-state index in [4.69, 9.17) is 0 Å². The van der Waals surface area contributed by atoms with Gasteiger partial charge in [0.2, 0.25) is 0 Å². The number of imide groups is 1. The molecule has 16 heavy (non-hydrogen) atoms. The molecule has 5 heteroatoms. The normalized spacial score (nSPS) is 16.4. The number of hydrogen-bond donors (Lipinski definition) is 0. The minimum atomic E-state index is -0.312. The maximum atomic E-state index is 11.2. The number of aryl methyl sites for hydroxylation is 1. The summed E-state index contributed by atoms with van der Waals surface area (Å²) in [6.45, 7) is 1.99. The molecule has 1 aromatic carbocycles. The molecule has 2 rings (SSSR count). The first-order valence-electron chi connectivity index (χ1n) is 4.77. The molecular formula is C11H10N2O2S. The Morgan fingerprint density at radius 1 is 1.31 bits per heavy atom. The molecule has 1 fully saturated rings. The third-order valence-corrected chi connectivity index (χ3v) is 2.94. The number of hydrazone groups is 1. The summed E-state index contributed by atoms with van der Waals surface area (Å²) in [5, 5.41) is 4.47. The number of hydrogen-bond acceptors (Lipinski definition) is 4. The molecule has 4 nitrogen and oxygen atoms in total. The second-order valence-corrected chi connectivity index (χ2v) is 4.34. The number of thioether (sulfide) groups is 1.